The van der Waals surface area contributed by atoms with Crippen LogP contribution in [0.3, 0.4) is 0 Å². The number of anilines is 6. The molecule has 0 aliphatic carbocycles. The number of para-hydroxylation sites is 6. The zero-order chi connectivity index (χ0) is 91.9. The molecule has 6 aliphatic heterocycles. The maximum atomic E-state index is 6.05. The summed E-state index contributed by atoms with van der Waals surface area (Å²) in [5.74, 6) is 0. The van der Waals surface area contributed by atoms with Crippen LogP contribution in [0.5, 0.6) is 0 Å². The van der Waals surface area contributed by atoms with Gasteiger partial charge in [-0.25, -0.2) is 44.9 Å². The third-order valence-electron chi connectivity index (χ3n) is 26.5. The minimum Gasteiger partial charge on any atom is -0.378 e. The second-order valence-corrected chi connectivity index (χ2v) is 36.0. The third kappa shape index (κ3) is 16.2. The summed E-state index contributed by atoms with van der Waals surface area (Å²) in [5.41, 5.74) is 38.1. The molecule has 6 unspecified atom stereocenters. The maximum absolute atomic E-state index is 6.05. The van der Waals surface area contributed by atoms with Gasteiger partial charge in [-0.05, 0) is 106 Å². The summed E-state index contributed by atoms with van der Waals surface area (Å²) in [7, 11) is 0. The van der Waals surface area contributed by atoms with E-state index in [9.17, 15) is 0 Å². The largest absolute Gasteiger partial charge is 0.378 e. The molecular weight excluding hydrogens is 1700 g/mol. The normalized spacial score (nSPS) is 16.0. The van der Waals surface area contributed by atoms with Crippen LogP contribution in [0.1, 0.15) is 120 Å². The number of fused-ring (bicyclic) bond motifs is 12. The van der Waals surface area contributed by atoms with Crippen molar-refractivity contribution in [3.63, 3.8) is 0 Å². The van der Waals surface area contributed by atoms with Crippen LogP contribution < -0.4 is 31.9 Å². The summed E-state index contributed by atoms with van der Waals surface area (Å²) in [5, 5.41) is 28.9. The Hall–Kier alpha value is -17.2. The van der Waals surface area contributed by atoms with Crippen molar-refractivity contribution in [2.24, 2.45) is 5.41 Å². The fourth-order valence-electron chi connectivity index (χ4n) is 20.1. The monoisotopic (exact) mass is 1790 g/mol. The molecule has 670 valence electrons. The SMILES string of the molecule is CC(C)(C)C1Nc2ccccc2-c2ccnc3[nH]cc1c23.CC1Nc2ccccc2-c2ncnc3[nH]cc1c23.c1ccc(C2Nc3ccccc3-c3ccnc4[nH]cc2c34)cc1.c1ccc(C2Nc3ccccc3-c3ncnc4[nH]cc2c34)cc1.c1ccc(COCC2Nc3ccccc3-c3ccnc4[nH]cc2c34)cc1.c1ccc(COCC2Nc3ccccc3-c3ncnc4[nH]cc2c34)cc1. The van der Waals surface area contributed by atoms with Gasteiger partial charge in [-0.2, -0.15) is 0 Å². The van der Waals surface area contributed by atoms with Gasteiger partial charge in [0.15, 0.2) is 0 Å². The molecule has 0 amide bonds. The minimum atomic E-state index is 0.0286. The first kappa shape index (κ1) is 84.1. The van der Waals surface area contributed by atoms with Gasteiger partial charge in [0.05, 0.1) is 95.9 Å². The highest BCUT2D eigenvalue weighted by molar-refractivity contribution is 6.06. The Morgan fingerprint density at radius 3 is 0.971 bits per heavy atom. The van der Waals surface area contributed by atoms with E-state index < -0.39 is 0 Å². The van der Waals surface area contributed by atoms with Crippen LogP contribution in [0.2, 0.25) is 0 Å². The third-order valence-corrected chi connectivity index (χ3v) is 26.5. The van der Waals surface area contributed by atoms with Gasteiger partial charge in [0.1, 0.15) is 52.9 Å². The lowest BCUT2D eigenvalue weighted by atomic mass is 9.82. The summed E-state index contributed by atoms with van der Waals surface area (Å²) in [6.45, 7) is 11.3. The van der Waals surface area contributed by atoms with Crippen molar-refractivity contribution in [3.05, 3.63) is 416 Å². The predicted molar refractivity (Wildman–Crippen MR) is 549 cm³/mol. The molecule has 10 aromatic carbocycles. The molecule has 0 fully saturated rings. The number of aromatic amines is 6. The van der Waals surface area contributed by atoms with Gasteiger partial charge in [-0.1, -0.05) is 251 Å². The molecular formula is C114H97N21O2. The highest BCUT2D eigenvalue weighted by atomic mass is 16.5. The van der Waals surface area contributed by atoms with Crippen molar-refractivity contribution in [1.29, 1.82) is 0 Å². The van der Waals surface area contributed by atoms with Crippen LogP contribution >= 0.6 is 0 Å². The number of ether oxygens (including phenoxy) is 2. The van der Waals surface area contributed by atoms with E-state index in [1.165, 1.54) is 105 Å². The number of benzene rings is 10. The van der Waals surface area contributed by atoms with Crippen LogP contribution in [0.25, 0.3) is 133 Å². The number of pyridine rings is 3. The second kappa shape index (κ2) is 36.4. The second-order valence-electron chi connectivity index (χ2n) is 36.0. The van der Waals surface area contributed by atoms with Crippen LogP contribution in [0.4, 0.5) is 34.1 Å². The summed E-state index contributed by atoms with van der Waals surface area (Å²) in [6, 6.07) is 98.8. The highest BCUT2D eigenvalue weighted by Gasteiger charge is 2.35. The van der Waals surface area contributed by atoms with Gasteiger partial charge in [0, 0.05) is 173 Å². The van der Waals surface area contributed by atoms with Crippen molar-refractivity contribution in [3.8, 4) is 67.2 Å². The number of H-pyrrole nitrogens is 6. The Balaban J connectivity index is 0.0000000926. The van der Waals surface area contributed by atoms with E-state index in [0.717, 1.165) is 118 Å². The predicted octanol–water partition coefficient (Wildman–Crippen LogP) is 26.0. The molecule has 0 spiro atoms. The van der Waals surface area contributed by atoms with E-state index in [0.29, 0.717) is 26.4 Å². The maximum Gasteiger partial charge on any atom is 0.141 e. The van der Waals surface area contributed by atoms with Gasteiger partial charge >= 0.3 is 0 Å². The quantitative estimate of drug-likeness (QED) is 0.0606. The number of nitrogens with one attached hydrogen (secondary N) is 12. The van der Waals surface area contributed by atoms with E-state index in [1.807, 2.05) is 116 Å². The minimum absolute atomic E-state index is 0.0286. The molecule has 6 atom stereocenters. The van der Waals surface area contributed by atoms with Gasteiger partial charge < -0.3 is 71.3 Å². The van der Waals surface area contributed by atoms with E-state index >= 15 is 0 Å². The summed E-state index contributed by atoms with van der Waals surface area (Å²) >= 11 is 0. The summed E-state index contributed by atoms with van der Waals surface area (Å²) in [6.07, 6.45) is 22.8. The van der Waals surface area contributed by atoms with Crippen LogP contribution in [0, 0.1) is 5.41 Å². The Bertz CT molecular complexity index is 7800. The average Bonchev–Trinajstić information content (AvgIpc) is 2.52. The number of nitrogens with zero attached hydrogens (tertiary/aromatic N) is 9. The first-order chi connectivity index (χ1) is 67.5. The topological polar surface area (TPSA) is 301 Å². The number of hydrogen-bond acceptors (Lipinski definition) is 17. The fraction of sp³-hybridized carbons (Fsp3) is 0.132. The highest BCUT2D eigenvalue weighted by Crippen LogP contribution is 2.51. The summed E-state index contributed by atoms with van der Waals surface area (Å²) < 4.78 is 12.1. The molecule has 23 nitrogen and oxygen atoms in total. The van der Waals surface area contributed by atoms with Crippen molar-refractivity contribution < 1.29 is 9.47 Å². The van der Waals surface area contributed by atoms with E-state index in [-0.39, 0.29) is 41.7 Å². The molecule has 0 bridgehead atoms. The molecule has 22 aromatic rings. The molecule has 23 heteroatoms. The molecule has 12 N–H and O–H groups in total. The van der Waals surface area contributed by atoms with Crippen molar-refractivity contribution >= 4 is 100 Å². The zero-order valence-corrected chi connectivity index (χ0v) is 75.7. The number of hydrogen-bond donors (Lipinski definition) is 12. The van der Waals surface area contributed by atoms with Crippen LogP contribution in [-0.2, 0) is 22.7 Å². The van der Waals surface area contributed by atoms with E-state index in [1.54, 1.807) is 19.0 Å². The Kier molecular flexibility index (Phi) is 22.4. The molecule has 18 heterocycles. The fourth-order valence-corrected chi connectivity index (χ4v) is 20.1. The molecule has 12 aromatic heterocycles. The Morgan fingerprint density at radius 2 is 0.547 bits per heavy atom. The smallest absolute Gasteiger partial charge is 0.141 e. The lowest BCUT2D eigenvalue weighted by Crippen LogP contribution is -2.25. The van der Waals surface area contributed by atoms with Crippen molar-refractivity contribution in [2.45, 2.75) is 77.2 Å². The van der Waals surface area contributed by atoms with Crippen molar-refractivity contribution in [2.75, 3.05) is 45.1 Å². The molecule has 28 rings (SSSR count). The van der Waals surface area contributed by atoms with Crippen molar-refractivity contribution in [1.82, 2.24) is 74.8 Å². The van der Waals surface area contributed by atoms with Gasteiger partial charge in [0.2, 0.25) is 0 Å². The van der Waals surface area contributed by atoms with Crippen LogP contribution in [0.15, 0.2) is 360 Å². The van der Waals surface area contributed by atoms with Gasteiger partial charge in [-0.15, -0.1) is 0 Å². The molecule has 6 aliphatic rings. The Labute approximate surface area is 790 Å². The first-order valence-electron chi connectivity index (χ1n) is 46.4. The lowest BCUT2D eigenvalue weighted by molar-refractivity contribution is 0.112. The molecule has 0 saturated heterocycles. The number of aromatic nitrogens is 15. The van der Waals surface area contributed by atoms with Gasteiger partial charge in [-0.3, -0.25) is 0 Å². The van der Waals surface area contributed by atoms with E-state index in [4.69, 9.17) is 9.47 Å². The van der Waals surface area contributed by atoms with Crippen LogP contribution in [-0.4, -0.2) is 88.0 Å². The standard InChI is InChI=1S/C22H19N3O.C21H18N4O.C20H15N3.C19H14N4.C18H19N3.C14H12N4/c1-2-6-15(7-3-1)13-26-14-20-18-12-24-22-21(18)17(10-11-23-22)16-8-4-5-9-19(16)25-20;1-2-6-14(7-3-1)11-26-12-18-16-10-22-21-19(16)20(23-13-24-21)15-8-4-5-9-17(15)25-18;1-2-6-13(7-3-1)19-16-12-22-20-18(16)15(10-11-21-20)14-8-4-5-9-17(14)23-19;1-2-6-12(7-3-1)17-14-10-20-19-16(14)18(21-11-22-19)13-8-4-5-9-15(13)23-17;1-18(2,3)16-13-10-20-17-15(13)12(8-9-19-17)11-6-4-5-7-14(11)21-16;1-8-10-6-15-14-12(10)13(16-7-17-14)9-4-2-3-5-11(9)18-8/h1-12,20,25H,13-14H2,(H,23,24);1-10,13,18,25H,11-12H2,(H,22,23,24);1-12,19,23H,(H,21,22);1-11,17,23H,(H,20,21,22);4-10,16,21H,1-3H3,(H,19,20);2-8,18H,1H3,(H,15,16,17). The lowest BCUT2D eigenvalue weighted by Gasteiger charge is -2.31. The Morgan fingerprint density at radius 1 is 0.255 bits per heavy atom. The first-order valence-corrected chi connectivity index (χ1v) is 46.4. The average molecular weight is 1790 g/mol. The molecule has 137 heavy (non-hydrogen) atoms. The molecule has 0 radical (unpaired) electrons. The zero-order valence-electron chi connectivity index (χ0n) is 75.7. The summed E-state index contributed by atoms with van der Waals surface area (Å²) in [4.78, 5) is 59.9. The number of rotatable bonds is 10. The molecule has 0 saturated carbocycles. The van der Waals surface area contributed by atoms with E-state index in [2.05, 4.69) is 359 Å². The van der Waals surface area contributed by atoms with Gasteiger partial charge in [0.25, 0.3) is 0 Å².